The molecule has 8 heteroatoms. The summed E-state index contributed by atoms with van der Waals surface area (Å²) in [6, 6.07) is 2.20. The summed E-state index contributed by atoms with van der Waals surface area (Å²) in [6.45, 7) is 5.63. The van der Waals surface area contributed by atoms with Crippen molar-refractivity contribution in [3.8, 4) is 0 Å². The number of amides is 2. The molecule has 0 spiro atoms. The van der Waals surface area contributed by atoms with E-state index in [2.05, 4.69) is 10.0 Å². The van der Waals surface area contributed by atoms with E-state index in [1.807, 2.05) is 0 Å². The van der Waals surface area contributed by atoms with Gasteiger partial charge in [0.05, 0.1) is 5.69 Å². The molecule has 2 aliphatic heterocycles. The first-order chi connectivity index (χ1) is 10.6. The summed E-state index contributed by atoms with van der Waals surface area (Å²) in [5.41, 5.74) is 0.414. The third kappa shape index (κ3) is 2.92. The second-order valence-electron chi connectivity index (χ2n) is 7.02. The molecule has 1 saturated heterocycles. The number of urea groups is 1. The fraction of sp³-hybridized carbons (Fsp3) is 0.533. The number of carbonyl (C=O) groups is 1. The van der Waals surface area contributed by atoms with E-state index in [1.165, 1.54) is 17.0 Å². The average molecular weight is 341 g/mol. The molecule has 0 saturated carbocycles. The maximum Gasteiger partial charge on any atom is 0.322 e. The van der Waals surface area contributed by atoms with E-state index in [9.17, 15) is 17.6 Å². The summed E-state index contributed by atoms with van der Waals surface area (Å²) in [7, 11) is -4.01. The monoisotopic (exact) mass is 341 g/mol. The van der Waals surface area contributed by atoms with E-state index >= 15 is 0 Å². The first-order valence-electron chi connectivity index (χ1n) is 7.52. The van der Waals surface area contributed by atoms with E-state index < -0.39 is 26.3 Å². The number of hydrogen-bond acceptors (Lipinski definition) is 3. The molecule has 2 aliphatic rings. The van der Waals surface area contributed by atoms with Crippen LogP contribution < -0.4 is 14.9 Å². The van der Waals surface area contributed by atoms with Gasteiger partial charge >= 0.3 is 6.03 Å². The molecule has 2 N–H and O–H groups in total. The van der Waals surface area contributed by atoms with Crippen LogP contribution in [0.3, 0.4) is 0 Å². The molecule has 2 amide bonds. The van der Waals surface area contributed by atoms with Crippen LogP contribution in [-0.2, 0) is 16.4 Å². The number of rotatable bonds is 2. The minimum absolute atomic E-state index is 0.0355. The Bertz CT molecular complexity index is 771. The van der Waals surface area contributed by atoms with Crippen molar-refractivity contribution in [3.05, 3.63) is 23.5 Å². The van der Waals surface area contributed by atoms with Crippen LogP contribution in [0.25, 0.3) is 0 Å². The smallest absolute Gasteiger partial charge is 0.322 e. The number of sulfonamides is 1. The normalized spacial score (nSPS) is 21.0. The third-order valence-corrected chi connectivity index (χ3v) is 5.69. The van der Waals surface area contributed by atoms with E-state index in [0.29, 0.717) is 24.2 Å². The number of carbonyl (C=O) groups excluding carboxylic acids is 1. The molecule has 23 heavy (non-hydrogen) atoms. The van der Waals surface area contributed by atoms with Gasteiger partial charge in [-0.1, -0.05) is 0 Å². The fourth-order valence-corrected chi connectivity index (χ4v) is 4.61. The minimum atomic E-state index is -4.01. The van der Waals surface area contributed by atoms with Gasteiger partial charge in [0.1, 0.15) is 10.7 Å². The molecule has 1 aromatic carbocycles. The quantitative estimate of drug-likeness (QED) is 0.860. The van der Waals surface area contributed by atoms with E-state index in [-0.39, 0.29) is 12.1 Å². The number of hydrogen-bond donors (Lipinski definition) is 2. The van der Waals surface area contributed by atoms with E-state index in [1.54, 1.807) is 20.8 Å². The van der Waals surface area contributed by atoms with Crippen molar-refractivity contribution in [2.45, 2.75) is 50.1 Å². The summed E-state index contributed by atoms with van der Waals surface area (Å²) in [5, 5.41) is 2.73. The Balaban J connectivity index is 2.06. The lowest BCUT2D eigenvalue weighted by molar-refractivity contribution is 0.239. The highest BCUT2D eigenvalue weighted by atomic mass is 32.2. The number of fused-ring (bicyclic) bond motifs is 3. The molecule has 2 heterocycles. The Hall–Kier alpha value is -1.67. The Morgan fingerprint density at radius 2 is 2.04 bits per heavy atom. The molecule has 0 aliphatic carbocycles. The molecule has 0 aromatic heterocycles. The average Bonchev–Trinajstić information content (AvgIpc) is 2.73. The first kappa shape index (κ1) is 16.2. The Morgan fingerprint density at radius 3 is 2.70 bits per heavy atom. The predicted octanol–water partition coefficient (Wildman–Crippen LogP) is 1.75. The zero-order valence-electron chi connectivity index (χ0n) is 13.3. The zero-order valence-corrected chi connectivity index (χ0v) is 14.1. The van der Waals surface area contributed by atoms with Crippen LogP contribution >= 0.6 is 0 Å². The lowest BCUT2D eigenvalue weighted by Crippen LogP contribution is -2.50. The molecule has 6 nitrogen and oxygen atoms in total. The Labute approximate surface area is 135 Å². The van der Waals surface area contributed by atoms with Crippen LogP contribution in [0.5, 0.6) is 0 Å². The van der Waals surface area contributed by atoms with Gasteiger partial charge in [0.15, 0.2) is 0 Å². The van der Waals surface area contributed by atoms with Crippen molar-refractivity contribution in [2.24, 2.45) is 0 Å². The van der Waals surface area contributed by atoms with Gasteiger partial charge in [-0.3, -0.25) is 4.90 Å². The minimum Gasteiger partial charge on any atom is -0.338 e. The second kappa shape index (κ2) is 5.17. The molecule has 1 aromatic rings. The van der Waals surface area contributed by atoms with E-state index in [0.717, 1.165) is 6.42 Å². The van der Waals surface area contributed by atoms with Crippen molar-refractivity contribution in [2.75, 3.05) is 11.4 Å². The fourth-order valence-electron chi connectivity index (χ4n) is 3.11. The molecule has 126 valence electrons. The molecular weight excluding hydrogens is 321 g/mol. The van der Waals surface area contributed by atoms with Gasteiger partial charge in [0.2, 0.25) is 10.0 Å². The topological polar surface area (TPSA) is 78.5 Å². The van der Waals surface area contributed by atoms with Gasteiger partial charge in [0, 0.05) is 18.1 Å². The van der Waals surface area contributed by atoms with Gasteiger partial charge in [-0.25, -0.2) is 22.3 Å². The van der Waals surface area contributed by atoms with Crippen LogP contribution in [0.4, 0.5) is 14.9 Å². The molecule has 0 radical (unpaired) electrons. The number of halogens is 1. The van der Waals surface area contributed by atoms with Crippen molar-refractivity contribution in [3.63, 3.8) is 0 Å². The zero-order chi connectivity index (χ0) is 17.0. The van der Waals surface area contributed by atoms with Crippen molar-refractivity contribution >= 4 is 21.7 Å². The van der Waals surface area contributed by atoms with Crippen LogP contribution in [0.1, 0.15) is 32.8 Å². The first-order valence-corrected chi connectivity index (χ1v) is 9.00. The Kier molecular flexibility index (Phi) is 3.64. The lowest BCUT2D eigenvalue weighted by atomic mass is 10.1. The van der Waals surface area contributed by atoms with Gasteiger partial charge in [-0.05, 0) is 51.3 Å². The highest BCUT2D eigenvalue weighted by Crippen LogP contribution is 2.37. The predicted molar refractivity (Wildman–Crippen MR) is 84.5 cm³/mol. The van der Waals surface area contributed by atoms with Crippen molar-refractivity contribution in [1.82, 2.24) is 10.0 Å². The van der Waals surface area contributed by atoms with Crippen LogP contribution in [-0.4, -0.2) is 32.6 Å². The molecule has 1 unspecified atom stereocenters. The highest BCUT2D eigenvalue weighted by molar-refractivity contribution is 7.89. The standard InChI is InChI=1S/C15H20FN3O3S/c1-15(2,3)18-23(21,22)13-8-12-9(7-11(13)16)6-10-4-5-17-14(20)19(10)12/h7-8,10,18H,4-6H2,1-3H3,(H,17,20). The summed E-state index contributed by atoms with van der Waals surface area (Å²) in [5.74, 6) is -0.791. The SMILES string of the molecule is CC(C)(C)NS(=O)(=O)c1cc2c(cc1F)CC1CCNC(=O)N21. The highest BCUT2D eigenvalue weighted by Gasteiger charge is 2.38. The number of nitrogens with zero attached hydrogens (tertiary/aromatic N) is 1. The van der Waals surface area contributed by atoms with Crippen LogP contribution in [0, 0.1) is 5.82 Å². The van der Waals surface area contributed by atoms with E-state index in [4.69, 9.17) is 0 Å². The molecule has 0 bridgehead atoms. The van der Waals surface area contributed by atoms with Crippen molar-refractivity contribution < 1.29 is 17.6 Å². The molecular formula is C15H20FN3O3S. The van der Waals surface area contributed by atoms with Crippen LogP contribution in [0.2, 0.25) is 0 Å². The largest absolute Gasteiger partial charge is 0.338 e. The number of nitrogens with one attached hydrogen (secondary N) is 2. The van der Waals surface area contributed by atoms with Gasteiger partial charge < -0.3 is 5.32 Å². The molecule has 1 fully saturated rings. The number of benzene rings is 1. The summed E-state index contributed by atoms with van der Waals surface area (Å²) < 4.78 is 41.7. The second-order valence-corrected chi connectivity index (χ2v) is 8.67. The van der Waals surface area contributed by atoms with Gasteiger partial charge in [-0.15, -0.1) is 0 Å². The molecule has 3 rings (SSSR count). The molecule has 1 atom stereocenters. The number of anilines is 1. The van der Waals surface area contributed by atoms with Crippen molar-refractivity contribution in [1.29, 1.82) is 0 Å². The van der Waals surface area contributed by atoms with Crippen LogP contribution in [0.15, 0.2) is 17.0 Å². The van der Waals surface area contributed by atoms with Gasteiger partial charge in [-0.2, -0.15) is 0 Å². The summed E-state index contributed by atoms with van der Waals surface area (Å²) >= 11 is 0. The third-order valence-electron chi connectivity index (χ3n) is 3.92. The summed E-state index contributed by atoms with van der Waals surface area (Å²) in [4.78, 5) is 13.2. The lowest BCUT2D eigenvalue weighted by Gasteiger charge is -2.30. The Morgan fingerprint density at radius 1 is 1.35 bits per heavy atom. The van der Waals surface area contributed by atoms with Gasteiger partial charge in [0.25, 0.3) is 0 Å². The maximum atomic E-state index is 14.4. The summed E-state index contributed by atoms with van der Waals surface area (Å²) in [6.07, 6.45) is 1.30. The maximum absolute atomic E-state index is 14.4.